The van der Waals surface area contributed by atoms with Crippen LogP contribution in [0.4, 0.5) is 0 Å². The van der Waals surface area contributed by atoms with E-state index in [-0.39, 0.29) is 0 Å². The molecule has 154 valence electrons. The Labute approximate surface area is 177 Å². The van der Waals surface area contributed by atoms with Crippen molar-refractivity contribution in [1.82, 2.24) is 9.88 Å². The van der Waals surface area contributed by atoms with Crippen molar-refractivity contribution in [1.29, 1.82) is 0 Å². The minimum atomic E-state index is 0.722. The molecule has 3 heterocycles. The number of pyridine rings is 1. The number of aromatic nitrogens is 1. The third-order valence-corrected chi connectivity index (χ3v) is 5.37. The Morgan fingerprint density at radius 1 is 1.20 bits per heavy atom. The van der Waals surface area contributed by atoms with Crippen LogP contribution in [0.25, 0.3) is 23.5 Å². The van der Waals surface area contributed by atoms with E-state index in [1.54, 1.807) is 6.20 Å². The van der Waals surface area contributed by atoms with Crippen molar-refractivity contribution >= 4 is 12.2 Å². The van der Waals surface area contributed by atoms with E-state index in [4.69, 9.17) is 9.15 Å². The number of allylic oxidation sites excluding steroid dienone is 2. The summed E-state index contributed by atoms with van der Waals surface area (Å²) in [5.41, 5.74) is 3.75. The third-order valence-electron chi connectivity index (χ3n) is 5.37. The van der Waals surface area contributed by atoms with Gasteiger partial charge in [0.05, 0.1) is 0 Å². The zero-order valence-corrected chi connectivity index (χ0v) is 17.5. The quantitative estimate of drug-likeness (QED) is 0.601. The Balaban J connectivity index is 1.54. The van der Waals surface area contributed by atoms with Crippen molar-refractivity contribution in [2.24, 2.45) is 0 Å². The fourth-order valence-corrected chi connectivity index (χ4v) is 3.80. The number of nitrogens with zero attached hydrogens (tertiary/aromatic N) is 2. The highest BCUT2D eigenvalue weighted by Crippen LogP contribution is 2.21. The molecule has 0 aliphatic carbocycles. The van der Waals surface area contributed by atoms with Crippen LogP contribution in [0.2, 0.25) is 0 Å². The Bertz CT molecular complexity index is 1090. The average molecular weight is 401 g/mol. The van der Waals surface area contributed by atoms with Gasteiger partial charge in [0.25, 0.3) is 0 Å². The topological polar surface area (TPSA) is 38.5 Å². The number of likely N-dealkylation sites (tertiary alicyclic amines) is 1. The van der Waals surface area contributed by atoms with Crippen molar-refractivity contribution < 1.29 is 9.15 Å². The van der Waals surface area contributed by atoms with E-state index >= 15 is 0 Å². The van der Waals surface area contributed by atoms with Crippen LogP contribution in [0.1, 0.15) is 25.3 Å². The van der Waals surface area contributed by atoms with Crippen molar-refractivity contribution in [2.45, 2.75) is 19.8 Å². The van der Waals surface area contributed by atoms with E-state index in [0.717, 1.165) is 52.0 Å². The lowest BCUT2D eigenvalue weighted by molar-refractivity contribution is 0.238. The summed E-state index contributed by atoms with van der Waals surface area (Å²) in [6.45, 7) is 10.3. The SMILES string of the molecule is C=c1cc(-c2ccc(OCCN3CCCC3)cc2)o/c1=C(/C=C\C)c1cccnc1. The molecule has 3 aromatic rings. The van der Waals surface area contributed by atoms with Gasteiger partial charge in [-0.1, -0.05) is 24.8 Å². The molecule has 0 N–H and O–H groups in total. The second kappa shape index (κ2) is 9.59. The number of benzene rings is 1. The molecule has 1 aliphatic heterocycles. The minimum absolute atomic E-state index is 0.722. The normalized spacial score (nSPS) is 15.6. The zero-order valence-electron chi connectivity index (χ0n) is 17.5. The van der Waals surface area contributed by atoms with Gasteiger partial charge in [-0.2, -0.15) is 0 Å². The first-order chi connectivity index (χ1) is 14.7. The Hall–Kier alpha value is -3.11. The van der Waals surface area contributed by atoms with Gasteiger partial charge >= 0.3 is 0 Å². The molecule has 0 amide bonds. The lowest BCUT2D eigenvalue weighted by atomic mass is 10.1. The van der Waals surface area contributed by atoms with E-state index in [9.17, 15) is 0 Å². The molecule has 2 aromatic heterocycles. The summed E-state index contributed by atoms with van der Waals surface area (Å²) in [5.74, 6) is 1.68. The molecule has 4 nitrogen and oxygen atoms in total. The number of furan rings is 1. The van der Waals surface area contributed by atoms with Crippen LogP contribution in [-0.4, -0.2) is 36.1 Å². The predicted octanol–water partition coefficient (Wildman–Crippen LogP) is 4.00. The fraction of sp³-hybridized carbons (Fsp3) is 0.269. The van der Waals surface area contributed by atoms with Crippen molar-refractivity contribution in [2.75, 3.05) is 26.2 Å². The van der Waals surface area contributed by atoms with E-state index in [2.05, 4.69) is 16.5 Å². The monoisotopic (exact) mass is 400 g/mol. The molecule has 1 aromatic carbocycles. The summed E-state index contributed by atoms with van der Waals surface area (Å²) < 4.78 is 12.1. The van der Waals surface area contributed by atoms with Gasteiger partial charge in [0.15, 0.2) is 0 Å². The van der Waals surface area contributed by atoms with Crippen LogP contribution in [0, 0.1) is 0 Å². The maximum atomic E-state index is 6.23. The highest BCUT2D eigenvalue weighted by molar-refractivity contribution is 5.72. The first kappa shape index (κ1) is 20.2. The molecule has 0 bridgehead atoms. The van der Waals surface area contributed by atoms with Crippen LogP contribution in [0.15, 0.2) is 71.4 Å². The highest BCUT2D eigenvalue weighted by atomic mass is 16.5. The zero-order chi connectivity index (χ0) is 20.8. The largest absolute Gasteiger partial charge is 0.492 e. The van der Waals surface area contributed by atoms with Crippen molar-refractivity contribution in [3.8, 4) is 17.1 Å². The van der Waals surface area contributed by atoms with Crippen molar-refractivity contribution in [3.05, 3.63) is 83.2 Å². The maximum Gasteiger partial charge on any atom is 0.142 e. The summed E-state index contributed by atoms with van der Waals surface area (Å²) in [5, 5.41) is 0.855. The van der Waals surface area contributed by atoms with Gasteiger partial charge in [-0.15, -0.1) is 0 Å². The molecule has 0 unspecified atom stereocenters. The minimum Gasteiger partial charge on any atom is -0.492 e. The summed E-state index contributed by atoms with van der Waals surface area (Å²) in [7, 11) is 0. The van der Waals surface area contributed by atoms with Gasteiger partial charge in [-0.25, -0.2) is 0 Å². The molecule has 30 heavy (non-hydrogen) atoms. The summed E-state index contributed by atoms with van der Waals surface area (Å²) in [4.78, 5) is 6.69. The van der Waals surface area contributed by atoms with Gasteiger partial charge in [-0.3, -0.25) is 9.88 Å². The second-order valence-electron chi connectivity index (χ2n) is 7.54. The first-order valence-electron chi connectivity index (χ1n) is 10.6. The number of hydrogen-bond acceptors (Lipinski definition) is 4. The average Bonchev–Trinajstić information content (AvgIpc) is 3.43. The molecule has 4 rings (SSSR count). The summed E-state index contributed by atoms with van der Waals surface area (Å²) in [6.07, 6.45) is 10.3. The van der Waals surface area contributed by atoms with Crippen LogP contribution >= 0.6 is 0 Å². The van der Waals surface area contributed by atoms with E-state index in [0.29, 0.717) is 0 Å². The molecule has 4 heteroatoms. The Morgan fingerprint density at radius 2 is 2.00 bits per heavy atom. The van der Waals surface area contributed by atoms with E-state index in [1.807, 2.05) is 67.7 Å². The predicted molar refractivity (Wildman–Crippen MR) is 122 cm³/mol. The molecule has 1 saturated heterocycles. The second-order valence-corrected chi connectivity index (χ2v) is 7.54. The van der Waals surface area contributed by atoms with Crippen LogP contribution < -0.4 is 15.4 Å². The van der Waals surface area contributed by atoms with Gasteiger partial charge in [-0.05, 0) is 69.3 Å². The molecule has 0 atom stereocenters. The molecule has 0 saturated carbocycles. The van der Waals surface area contributed by atoms with Gasteiger partial charge in [0.1, 0.15) is 23.5 Å². The van der Waals surface area contributed by atoms with E-state index in [1.165, 1.54) is 25.9 Å². The first-order valence-corrected chi connectivity index (χ1v) is 10.6. The van der Waals surface area contributed by atoms with E-state index < -0.39 is 0 Å². The molecular formula is C26H28N2O2. The number of ether oxygens (including phenoxy) is 1. The molecule has 1 fully saturated rings. The number of hydrogen-bond donors (Lipinski definition) is 0. The smallest absolute Gasteiger partial charge is 0.142 e. The summed E-state index contributed by atoms with van der Waals surface area (Å²) >= 11 is 0. The summed E-state index contributed by atoms with van der Waals surface area (Å²) in [6, 6.07) is 14.0. The van der Waals surface area contributed by atoms with Crippen LogP contribution in [-0.2, 0) is 0 Å². The van der Waals surface area contributed by atoms with Crippen LogP contribution in [0.3, 0.4) is 0 Å². The highest BCUT2D eigenvalue weighted by Gasteiger charge is 2.11. The fourth-order valence-electron chi connectivity index (χ4n) is 3.80. The molecular weight excluding hydrogens is 372 g/mol. The lowest BCUT2D eigenvalue weighted by Crippen LogP contribution is -2.25. The molecule has 0 spiro atoms. The standard InChI is InChI=1S/C26H28N2O2/c1-3-7-24(22-8-6-13-27-19-22)26-20(2)18-25(30-26)21-9-11-23(12-10-21)29-17-16-28-14-4-5-15-28/h3,6-13,18-19H,2,4-5,14-17H2,1H3/b7-3-,26-24-. The molecule has 1 aliphatic rings. The number of rotatable bonds is 7. The van der Waals surface area contributed by atoms with Gasteiger partial charge in [0, 0.05) is 40.9 Å². The molecule has 0 radical (unpaired) electrons. The lowest BCUT2D eigenvalue weighted by Gasteiger charge is -2.14. The van der Waals surface area contributed by atoms with Gasteiger partial charge < -0.3 is 9.15 Å². The Kier molecular flexibility index (Phi) is 6.45. The van der Waals surface area contributed by atoms with Crippen molar-refractivity contribution in [3.63, 3.8) is 0 Å². The Morgan fingerprint density at radius 3 is 2.70 bits per heavy atom. The van der Waals surface area contributed by atoms with Gasteiger partial charge in [0.2, 0.25) is 0 Å². The van der Waals surface area contributed by atoms with Crippen LogP contribution in [0.5, 0.6) is 5.75 Å². The third kappa shape index (κ3) is 4.71. The maximum absolute atomic E-state index is 6.23.